The second-order valence-electron chi connectivity index (χ2n) is 8.43. The summed E-state index contributed by atoms with van der Waals surface area (Å²) < 4.78 is 1.32. The Labute approximate surface area is 182 Å². The topological polar surface area (TPSA) is 25.3 Å². The quantitative estimate of drug-likeness (QED) is 0.253. The minimum atomic E-state index is 0.836. The fourth-order valence-corrected chi connectivity index (χ4v) is 4.04. The molecule has 0 fully saturated rings. The average Bonchev–Trinajstić information content (AvgIpc) is 3.17. The number of hydrogen-bond donors (Lipinski definition) is 0. The van der Waals surface area contributed by atoms with E-state index in [0.717, 1.165) is 35.4 Å². The summed E-state index contributed by atoms with van der Waals surface area (Å²) in [4.78, 5) is 0. The molecule has 30 heavy (non-hydrogen) atoms. The summed E-state index contributed by atoms with van der Waals surface area (Å²) in [5.41, 5.74) is 17.3. The molecule has 0 radical (unpaired) electrons. The molecule has 2 aromatic rings. The summed E-state index contributed by atoms with van der Waals surface area (Å²) in [6.45, 7) is 4.48. The highest BCUT2D eigenvalue weighted by Crippen LogP contribution is 2.31. The second-order valence-corrected chi connectivity index (χ2v) is 8.43. The van der Waals surface area contributed by atoms with Crippen LogP contribution in [0.2, 0.25) is 0 Å². The predicted octanol–water partition coefficient (Wildman–Crippen LogP) is 8.36. The molecule has 0 aliphatic carbocycles. The molecule has 0 bridgehead atoms. The lowest BCUT2D eigenvalue weighted by Crippen LogP contribution is -2.01. The summed E-state index contributed by atoms with van der Waals surface area (Å²) in [5.74, 6) is 0. The Morgan fingerprint density at radius 2 is 1.00 bits per heavy atom. The Bertz CT molecular complexity index is 870. The molecule has 1 heterocycles. The maximum Gasteiger partial charge on any atom is 0.207 e. The van der Waals surface area contributed by atoms with Gasteiger partial charge in [-0.15, -0.1) is 0 Å². The normalized spacial score (nSPS) is 13.5. The molecular formula is C28H36N2. The highest BCUT2D eigenvalue weighted by molar-refractivity contribution is 5.74. The third-order valence-electron chi connectivity index (χ3n) is 5.99. The lowest BCUT2D eigenvalue weighted by Gasteiger charge is -2.10. The summed E-state index contributed by atoms with van der Waals surface area (Å²) in [6.07, 6.45) is 16.7. The van der Waals surface area contributed by atoms with Crippen LogP contribution in [0.1, 0.15) is 87.5 Å². The zero-order valence-electron chi connectivity index (χ0n) is 18.7. The zero-order valence-corrected chi connectivity index (χ0v) is 18.7. The van der Waals surface area contributed by atoms with Crippen LogP contribution in [-0.2, 0) is 12.8 Å². The van der Waals surface area contributed by atoms with Crippen molar-refractivity contribution < 1.29 is 4.70 Å². The Morgan fingerprint density at radius 3 is 1.50 bits per heavy atom. The van der Waals surface area contributed by atoms with Crippen LogP contribution in [0.5, 0.6) is 0 Å². The summed E-state index contributed by atoms with van der Waals surface area (Å²) >= 11 is 0. The lowest BCUT2D eigenvalue weighted by atomic mass is 10.0. The molecule has 0 N–H and O–H groups in total. The van der Waals surface area contributed by atoms with Gasteiger partial charge in [-0.1, -0.05) is 76.6 Å². The van der Waals surface area contributed by atoms with Crippen molar-refractivity contribution in [2.45, 2.75) is 78.1 Å². The van der Waals surface area contributed by atoms with Crippen LogP contribution in [0.15, 0.2) is 60.7 Å². The lowest BCUT2D eigenvalue weighted by molar-refractivity contribution is -0.344. The molecule has 2 nitrogen and oxygen atoms in total. The van der Waals surface area contributed by atoms with Crippen molar-refractivity contribution in [3.63, 3.8) is 0 Å². The van der Waals surface area contributed by atoms with Crippen LogP contribution in [-0.4, -0.2) is 4.70 Å². The van der Waals surface area contributed by atoms with Gasteiger partial charge in [0.15, 0.2) is 0 Å². The van der Waals surface area contributed by atoms with E-state index in [2.05, 4.69) is 62.4 Å². The number of unbranched alkanes of at least 4 members (excludes halogenated alkanes) is 6. The number of aryl methyl sites for hydroxylation is 2. The fourth-order valence-electron chi connectivity index (χ4n) is 4.04. The van der Waals surface area contributed by atoms with E-state index in [1.807, 2.05) is 12.2 Å². The smallest absolute Gasteiger partial charge is 0.207 e. The number of rotatable bonds is 12. The molecule has 1 aliphatic heterocycles. The van der Waals surface area contributed by atoms with Crippen molar-refractivity contribution in [3.05, 3.63) is 88.5 Å². The molecular weight excluding hydrogens is 364 g/mol. The molecule has 158 valence electrons. The Morgan fingerprint density at radius 1 is 0.567 bits per heavy atom. The zero-order chi connectivity index (χ0) is 21.2. The average molecular weight is 401 g/mol. The van der Waals surface area contributed by atoms with Crippen molar-refractivity contribution in [1.82, 2.24) is 0 Å². The van der Waals surface area contributed by atoms with E-state index in [1.165, 1.54) is 67.2 Å². The van der Waals surface area contributed by atoms with E-state index in [-0.39, 0.29) is 0 Å². The van der Waals surface area contributed by atoms with Gasteiger partial charge in [-0.3, -0.25) is 0 Å². The van der Waals surface area contributed by atoms with Gasteiger partial charge in [-0.25, -0.2) is 4.70 Å². The molecule has 0 spiro atoms. The molecule has 0 amide bonds. The fraction of sp³-hybridized carbons (Fsp3) is 0.429. The van der Waals surface area contributed by atoms with Crippen molar-refractivity contribution in [2.75, 3.05) is 0 Å². The van der Waals surface area contributed by atoms with Gasteiger partial charge in [0.1, 0.15) is 0 Å². The molecule has 0 unspecified atom stereocenters. The SMILES string of the molecule is CCCCCCCCc1ccc(C2=CC=C(c3ccc(CCCC)cc3)[N+]2=[N-])cc1. The van der Waals surface area contributed by atoms with E-state index in [9.17, 15) is 5.53 Å². The third kappa shape index (κ3) is 6.01. The van der Waals surface area contributed by atoms with Gasteiger partial charge in [-0.2, -0.15) is 0 Å². The Kier molecular flexibility index (Phi) is 8.62. The Balaban J connectivity index is 1.53. The molecule has 1 aliphatic rings. The minimum absolute atomic E-state index is 0.836. The largest absolute Gasteiger partial charge is 0.493 e. The van der Waals surface area contributed by atoms with Gasteiger partial charge >= 0.3 is 0 Å². The van der Waals surface area contributed by atoms with Gasteiger partial charge < -0.3 is 5.53 Å². The minimum Gasteiger partial charge on any atom is -0.493 e. The predicted molar refractivity (Wildman–Crippen MR) is 128 cm³/mol. The van der Waals surface area contributed by atoms with Crippen molar-refractivity contribution in [2.24, 2.45) is 0 Å². The standard InChI is InChI=1S/C28H36N2/c1-3-5-7-8-9-10-12-24-15-19-26(20-16-24)28-22-21-27(30(28)29)25-17-13-23(14-18-25)11-6-4-2/h13-22H,3-12H2,1-2H3. The van der Waals surface area contributed by atoms with Crippen LogP contribution in [0.3, 0.4) is 0 Å². The van der Waals surface area contributed by atoms with Crippen molar-refractivity contribution >= 4 is 11.4 Å². The van der Waals surface area contributed by atoms with Gasteiger partial charge in [0, 0.05) is 23.3 Å². The number of nitrogens with zero attached hydrogens (tertiary/aromatic N) is 2. The van der Waals surface area contributed by atoms with Crippen LogP contribution in [0.4, 0.5) is 0 Å². The highest BCUT2D eigenvalue weighted by Gasteiger charge is 2.22. The van der Waals surface area contributed by atoms with E-state index >= 15 is 0 Å². The van der Waals surface area contributed by atoms with Gasteiger partial charge in [0.05, 0.1) is 0 Å². The summed E-state index contributed by atoms with van der Waals surface area (Å²) in [5, 5.41) is 0. The highest BCUT2D eigenvalue weighted by atomic mass is 15.2. The van der Waals surface area contributed by atoms with Gasteiger partial charge in [0.25, 0.3) is 0 Å². The monoisotopic (exact) mass is 400 g/mol. The molecule has 3 rings (SSSR count). The third-order valence-corrected chi connectivity index (χ3v) is 5.99. The molecule has 0 saturated carbocycles. The number of allylic oxidation sites excluding steroid dienone is 2. The molecule has 0 aromatic heterocycles. The van der Waals surface area contributed by atoms with Crippen molar-refractivity contribution in [3.8, 4) is 0 Å². The van der Waals surface area contributed by atoms with E-state index in [4.69, 9.17) is 0 Å². The molecule has 0 saturated heterocycles. The van der Waals surface area contributed by atoms with Crippen molar-refractivity contribution in [1.29, 1.82) is 0 Å². The number of hydrogen-bond acceptors (Lipinski definition) is 0. The molecule has 0 atom stereocenters. The van der Waals surface area contributed by atoms with Crippen LogP contribution >= 0.6 is 0 Å². The first-order chi connectivity index (χ1) is 14.7. The van der Waals surface area contributed by atoms with Crippen LogP contribution in [0, 0.1) is 0 Å². The van der Waals surface area contributed by atoms with Gasteiger partial charge in [0.2, 0.25) is 11.4 Å². The molecule has 2 aromatic carbocycles. The van der Waals surface area contributed by atoms with Gasteiger partial charge in [-0.05, 0) is 61.1 Å². The Hall–Kier alpha value is -2.48. The van der Waals surface area contributed by atoms with E-state index in [1.54, 1.807) is 0 Å². The van der Waals surface area contributed by atoms with Crippen LogP contribution in [0.25, 0.3) is 16.9 Å². The maximum atomic E-state index is 10.8. The van der Waals surface area contributed by atoms with E-state index in [0.29, 0.717) is 0 Å². The first-order valence-electron chi connectivity index (χ1n) is 11.8. The van der Waals surface area contributed by atoms with Crippen LogP contribution < -0.4 is 0 Å². The maximum absolute atomic E-state index is 10.8. The first kappa shape index (κ1) is 22.2. The number of benzene rings is 2. The second kappa shape index (κ2) is 11.6. The summed E-state index contributed by atoms with van der Waals surface area (Å²) in [7, 11) is 0. The molecule has 2 heteroatoms. The summed E-state index contributed by atoms with van der Waals surface area (Å²) in [6, 6.07) is 17.2. The first-order valence-corrected chi connectivity index (χ1v) is 11.8. The van der Waals surface area contributed by atoms with E-state index < -0.39 is 0 Å².